The molecule has 1 unspecified atom stereocenters. The van der Waals surface area contributed by atoms with Crippen molar-refractivity contribution in [1.29, 1.82) is 0 Å². The number of benzene rings is 1. The number of carbonyl (C=O) groups is 1. The predicted octanol–water partition coefficient (Wildman–Crippen LogP) is 3.38. The Morgan fingerprint density at radius 2 is 2.20 bits per heavy atom. The third-order valence-corrected chi connectivity index (χ3v) is 3.90. The maximum atomic E-state index is 12.1. The first kappa shape index (κ1) is 15.0. The van der Waals surface area contributed by atoms with Crippen LogP contribution in [0.2, 0.25) is 0 Å². The molecule has 0 radical (unpaired) electrons. The van der Waals surface area contributed by atoms with Gasteiger partial charge in [0.05, 0.1) is 6.10 Å². The summed E-state index contributed by atoms with van der Waals surface area (Å²) in [6.07, 6.45) is 6.14. The molecule has 0 aromatic heterocycles. The third kappa shape index (κ3) is 4.34. The van der Waals surface area contributed by atoms with Gasteiger partial charge >= 0.3 is 0 Å². The van der Waals surface area contributed by atoms with E-state index in [0.29, 0.717) is 6.10 Å². The Bertz CT molecular complexity index is 450. The van der Waals surface area contributed by atoms with E-state index in [0.717, 1.165) is 49.1 Å². The first-order chi connectivity index (χ1) is 9.66. The van der Waals surface area contributed by atoms with Gasteiger partial charge in [0.15, 0.2) is 0 Å². The number of aryl methyl sites for hydroxylation is 2. The van der Waals surface area contributed by atoms with Gasteiger partial charge < -0.3 is 10.1 Å². The van der Waals surface area contributed by atoms with E-state index in [1.165, 1.54) is 12.8 Å². The normalized spacial score (nSPS) is 18.2. The van der Waals surface area contributed by atoms with Crippen LogP contribution in [-0.2, 0) is 4.74 Å². The highest BCUT2D eigenvalue weighted by Crippen LogP contribution is 2.17. The summed E-state index contributed by atoms with van der Waals surface area (Å²) in [5.74, 6) is 0.0447. The van der Waals surface area contributed by atoms with Crippen LogP contribution in [0.1, 0.15) is 53.6 Å². The van der Waals surface area contributed by atoms with Crippen LogP contribution in [0.3, 0.4) is 0 Å². The second-order valence-corrected chi connectivity index (χ2v) is 5.71. The molecule has 3 nitrogen and oxygen atoms in total. The van der Waals surface area contributed by atoms with Crippen molar-refractivity contribution in [3.8, 4) is 0 Å². The second kappa shape index (κ2) is 7.44. The van der Waals surface area contributed by atoms with E-state index in [2.05, 4.69) is 5.32 Å². The summed E-state index contributed by atoms with van der Waals surface area (Å²) in [7, 11) is 0. The average Bonchev–Trinajstić information content (AvgIpc) is 2.94. The highest BCUT2D eigenvalue weighted by atomic mass is 16.5. The number of ether oxygens (including phenoxy) is 1. The number of carbonyl (C=O) groups excluding carboxylic acids is 1. The lowest BCUT2D eigenvalue weighted by atomic mass is 10.0. The van der Waals surface area contributed by atoms with Gasteiger partial charge in [0.2, 0.25) is 0 Å². The molecule has 1 aliphatic rings. The first-order valence-electron chi connectivity index (χ1n) is 7.64. The van der Waals surface area contributed by atoms with Crippen LogP contribution < -0.4 is 5.32 Å². The van der Waals surface area contributed by atoms with E-state index in [1.807, 2.05) is 32.0 Å². The molecule has 1 amide bonds. The third-order valence-electron chi connectivity index (χ3n) is 3.90. The maximum absolute atomic E-state index is 12.1. The summed E-state index contributed by atoms with van der Waals surface area (Å²) < 4.78 is 5.59. The van der Waals surface area contributed by atoms with Gasteiger partial charge in [0, 0.05) is 18.7 Å². The Morgan fingerprint density at radius 3 is 2.95 bits per heavy atom. The second-order valence-electron chi connectivity index (χ2n) is 5.71. The first-order valence-corrected chi connectivity index (χ1v) is 7.64. The maximum Gasteiger partial charge on any atom is 0.251 e. The lowest BCUT2D eigenvalue weighted by molar-refractivity contribution is 0.0946. The molecular formula is C17H25NO2. The van der Waals surface area contributed by atoms with Crippen molar-refractivity contribution in [2.75, 3.05) is 13.2 Å². The van der Waals surface area contributed by atoms with Crippen LogP contribution >= 0.6 is 0 Å². The number of hydrogen-bond donors (Lipinski definition) is 1. The SMILES string of the molecule is Cc1ccc(C)c(C(=O)NCCCCC2CCCO2)c1. The molecule has 1 N–H and O–H groups in total. The molecule has 1 heterocycles. The molecule has 1 aromatic carbocycles. The molecular weight excluding hydrogens is 250 g/mol. The smallest absolute Gasteiger partial charge is 0.251 e. The summed E-state index contributed by atoms with van der Waals surface area (Å²) in [6, 6.07) is 5.99. The topological polar surface area (TPSA) is 38.3 Å². The van der Waals surface area contributed by atoms with E-state index >= 15 is 0 Å². The molecule has 1 aliphatic heterocycles. The molecule has 0 bridgehead atoms. The molecule has 1 fully saturated rings. The zero-order chi connectivity index (χ0) is 14.4. The molecule has 20 heavy (non-hydrogen) atoms. The summed E-state index contributed by atoms with van der Waals surface area (Å²) >= 11 is 0. The van der Waals surface area contributed by atoms with Crippen molar-refractivity contribution < 1.29 is 9.53 Å². The van der Waals surface area contributed by atoms with Crippen LogP contribution in [0.15, 0.2) is 18.2 Å². The van der Waals surface area contributed by atoms with Crippen molar-refractivity contribution >= 4 is 5.91 Å². The lowest BCUT2D eigenvalue weighted by Crippen LogP contribution is -2.25. The van der Waals surface area contributed by atoms with Crippen molar-refractivity contribution in [3.63, 3.8) is 0 Å². The van der Waals surface area contributed by atoms with Gasteiger partial charge in [-0.1, -0.05) is 17.7 Å². The van der Waals surface area contributed by atoms with Gasteiger partial charge in [-0.05, 0) is 57.6 Å². The monoisotopic (exact) mass is 275 g/mol. The number of amides is 1. The van der Waals surface area contributed by atoms with E-state index in [-0.39, 0.29) is 5.91 Å². The summed E-state index contributed by atoms with van der Waals surface area (Å²) in [5.41, 5.74) is 2.95. The lowest BCUT2D eigenvalue weighted by Gasteiger charge is -2.10. The van der Waals surface area contributed by atoms with E-state index in [4.69, 9.17) is 4.74 Å². The summed E-state index contributed by atoms with van der Waals surface area (Å²) in [4.78, 5) is 12.1. The van der Waals surface area contributed by atoms with E-state index in [1.54, 1.807) is 0 Å². The Kier molecular flexibility index (Phi) is 5.60. The molecule has 110 valence electrons. The fourth-order valence-electron chi connectivity index (χ4n) is 2.65. The Morgan fingerprint density at radius 1 is 1.35 bits per heavy atom. The average molecular weight is 275 g/mol. The van der Waals surface area contributed by atoms with Crippen LogP contribution in [0.5, 0.6) is 0 Å². The van der Waals surface area contributed by atoms with Gasteiger partial charge in [-0.15, -0.1) is 0 Å². The van der Waals surface area contributed by atoms with E-state index in [9.17, 15) is 4.79 Å². The Labute approximate surface area is 121 Å². The number of unbranched alkanes of at least 4 members (excludes halogenated alkanes) is 1. The van der Waals surface area contributed by atoms with Gasteiger partial charge in [-0.3, -0.25) is 4.79 Å². The Hall–Kier alpha value is -1.35. The summed E-state index contributed by atoms with van der Waals surface area (Å²) in [5, 5.41) is 3.01. The summed E-state index contributed by atoms with van der Waals surface area (Å²) in [6.45, 7) is 5.66. The van der Waals surface area contributed by atoms with Crippen LogP contribution in [-0.4, -0.2) is 25.2 Å². The highest BCUT2D eigenvalue weighted by Gasteiger charge is 2.14. The molecule has 1 saturated heterocycles. The minimum absolute atomic E-state index is 0.0447. The number of hydrogen-bond acceptors (Lipinski definition) is 2. The Balaban J connectivity index is 1.68. The van der Waals surface area contributed by atoms with Gasteiger partial charge in [-0.2, -0.15) is 0 Å². The van der Waals surface area contributed by atoms with Crippen LogP contribution in [0.4, 0.5) is 0 Å². The predicted molar refractivity (Wildman–Crippen MR) is 81.1 cm³/mol. The van der Waals surface area contributed by atoms with E-state index < -0.39 is 0 Å². The van der Waals surface area contributed by atoms with Crippen molar-refractivity contribution in [2.24, 2.45) is 0 Å². The molecule has 0 saturated carbocycles. The molecule has 1 aromatic rings. The fraction of sp³-hybridized carbons (Fsp3) is 0.588. The standard InChI is InChI=1S/C17H25NO2/c1-13-8-9-14(2)16(12-13)17(19)18-10-4-3-6-15-7-5-11-20-15/h8-9,12,15H,3-7,10-11H2,1-2H3,(H,18,19). The van der Waals surface area contributed by atoms with Crippen LogP contribution in [0.25, 0.3) is 0 Å². The zero-order valence-electron chi connectivity index (χ0n) is 12.6. The molecule has 1 atom stereocenters. The zero-order valence-corrected chi connectivity index (χ0v) is 12.6. The molecule has 0 aliphatic carbocycles. The highest BCUT2D eigenvalue weighted by molar-refractivity contribution is 5.95. The van der Waals surface area contributed by atoms with Crippen molar-refractivity contribution in [1.82, 2.24) is 5.32 Å². The molecule has 3 heteroatoms. The minimum Gasteiger partial charge on any atom is -0.378 e. The van der Waals surface area contributed by atoms with Crippen LogP contribution in [0, 0.1) is 13.8 Å². The minimum atomic E-state index is 0.0447. The number of nitrogens with one attached hydrogen (secondary N) is 1. The largest absolute Gasteiger partial charge is 0.378 e. The quantitative estimate of drug-likeness (QED) is 0.808. The molecule has 2 rings (SSSR count). The van der Waals surface area contributed by atoms with Crippen molar-refractivity contribution in [3.05, 3.63) is 34.9 Å². The number of rotatable bonds is 6. The fourth-order valence-corrected chi connectivity index (χ4v) is 2.65. The van der Waals surface area contributed by atoms with Gasteiger partial charge in [0.25, 0.3) is 5.91 Å². The molecule has 0 spiro atoms. The van der Waals surface area contributed by atoms with Gasteiger partial charge in [-0.25, -0.2) is 0 Å². The van der Waals surface area contributed by atoms with Gasteiger partial charge in [0.1, 0.15) is 0 Å². The van der Waals surface area contributed by atoms with Crippen molar-refractivity contribution in [2.45, 2.75) is 52.1 Å².